The van der Waals surface area contributed by atoms with E-state index in [9.17, 15) is 8.68 Å². The van der Waals surface area contributed by atoms with Gasteiger partial charge in [0.05, 0.1) is 5.69 Å². The van der Waals surface area contributed by atoms with Crippen molar-refractivity contribution in [1.82, 2.24) is 3.97 Å². The highest BCUT2D eigenvalue weighted by atomic mass is 79.9. The minimum atomic E-state index is -0.562. The van der Waals surface area contributed by atoms with Gasteiger partial charge in [0.2, 0.25) is 5.91 Å². The minimum absolute atomic E-state index is 0.0512. The number of rotatable bonds is 3. The lowest BCUT2D eigenvalue weighted by molar-refractivity contribution is -0.113. The van der Waals surface area contributed by atoms with E-state index < -0.39 is 5.91 Å². The summed E-state index contributed by atoms with van der Waals surface area (Å²) in [5.41, 5.74) is 5.45. The molecule has 0 saturated heterocycles. The summed E-state index contributed by atoms with van der Waals surface area (Å²) >= 11 is 3.23. The van der Waals surface area contributed by atoms with Gasteiger partial charge in [-0.1, -0.05) is 0 Å². The molecular weight excluding hydrogens is 259 g/mol. The molecule has 0 aromatic carbocycles. The number of amides is 1. The van der Waals surface area contributed by atoms with Crippen molar-refractivity contribution in [2.75, 3.05) is 0 Å². The Morgan fingerprint density at radius 3 is 3.00 bits per heavy atom. The maximum atomic E-state index is 12.2. The number of nitrogens with zero attached hydrogens (tertiary/aromatic N) is 1. The number of carbonyl (C=O) groups excluding carboxylic acids is 1. The summed E-state index contributed by atoms with van der Waals surface area (Å²) in [5.74, 6) is -0.562. The molecular formula is C7H6BrFN2OS. The first-order valence-corrected chi connectivity index (χ1v) is 4.74. The number of carbonyl (C=O) groups is 1. The second-order valence-corrected chi connectivity index (χ2v) is 3.66. The van der Waals surface area contributed by atoms with Crippen LogP contribution in [0.5, 0.6) is 0 Å². The second-order valence-electron chi connectivity index (χ2n) is 2.21. The van der Waals surface area contributed by atoms with Crippen LogP contribution in [-0.4, -0.2) is 9.88 Å². The quantitative estimate of drug-likeness (QED) is 0.851. The first-order valence-electron chi connectivity index (χ1n) is 3.28. The molecule has 1 amide bonds. The third-order valence-electron chi connectivity index (χ3n) is 1.27. The normalized spacial score (nSPS) is 10.9. The van der Waals surface area contributed by atoms with E-state index in [1.807, 2.05) is 0 Å². The van der Waals surface area contributed by atoms with Crippen LogP contribution in [-0.2, 0) is 4.79 Å². The number of hydrogen-bond donors (Lipinski definition) is 1. The van der Waals surface area contributed by atoms with Gasteiger partial charge in [0.1, 0.15) is 0 Å². The fourth-order valence-corrected chi connectivity index (χ4v) is 1.70. The SMILES string of the molecule is NC(=O)/C=C/c1cc(Br)cn1SF. The third-order valence-corrected chi connectivity index (χ3v) is 2.17. The summed E-state index contributed by atoms with van der Waals surface area (Å²) in [5, 5.41) is 0. The molecule has 1 heterocycles. The fourth-order valence-electron chi connectivity index (χ4n) is 0.778. The van der Waals surface area contributed by atoms with Crippen LogP contribution in [0.4, 0.5) is 3.89 Å². The van der Waals surface area contributed by atoms with Gasteiger partial charge in [-0.15, -0.1) is 3.89 Å². The first kappa shape index (κ1) is 10.3. The zero-order valence-corrected chi connectivity index (χ0v) is 8.81. The van der Waals surface area contributed by atoms with Crippen LogP contribution in [0.3, 0.4) is 0 Å². The maximum absolute atomic E-state index is 12.2. The van der Waals surface area contributed by atoms with Crippen molar-refractivity contribution in [1.29, 1.82) is 0 Å². The lowest BCUT2D eigenvalue weighted by Gasteiger charge is -1.94. The molecule has 0 bridgehead atoms. The predicted molar refractivity (Wildman–Crippen MR) is 54.5 cm³/mol. The molecule has 1 aromatic rings. The highest BCUT2D eigenvalue weighted by molar-refractivity contribution is 9.10. The lowest BCUT2D eigenvalue weighted by atomic mass is 10.4. The largest absolute Gasteiger partial charge is 0.366 e. The van der Waals surface area contributed by atoms with E-state index in [4.69, 9.17) is 5.73 Å². The van der Waals surface area contributed by atoms with Gasteiger partial charge in [-0.05, 0) is 28.1 Å². The number of halogens is 2. The van der Waals surface area contributed by atoms with Crippen LogP contribution >= 0.6 is 28.3 Å². The molecule has 70 valence electrons. The Balaban J connectivity index is 2.92. The van der Waals surface area contributed by atoms with Crippen LogP contribution in [0.25, 0.3) is 6.08 Å². The summed E-state index contributed by atoms with van der Waals surface area (Å²) in [6.07, 6.45) is 4.17. The molecule has 3 nitrogen and oxygen atoms in total. The molecule has 0 atom stereocenters. The molecule has 0 spiro atoms. The Kier molecular flexibility index (Phi) is 3.56. The van der Waals surface area contributed by atoms with E-state index in [-0.39, 0.29) is 12.3 Å². The third kappa shape index (κ3) is 2.89. The molecule has 0 aliphatic heterocycles. The monoisotopic (exact) mass is 264 g/mol. The van der Waals surface area contributed by atoms with Crippen LogP contribution < -0.4 is 5.73 Å². The van der Waals surface area contributed by atoms with Gasteiger partial charge in [-0.3, -0.25) is 8.77 Å². The molecule has 0 saturated carbocycles. The standard InChI is InChI=1S/C7H6BrFN2OS/c8-5-3-6(1-2-7(10)12)11(4-5)13-9/h1-4H,(H2,10,12)/b2-1+. The van der Waals surface area contributed by atoms with Crippen molar-refractivity contribution in [3.05, 3.63) is 28.5 Å². The van der Waals surface area contributed by atoms with E-state index >= 15 is 0 Å². The summed E-state index contributed by atoms with van der Waals surface area (Å²) in [4.78, 5) is 10.4. The van der Waals surface area contributed by atoms with Gasteiger partial charge in [0.15, 0.2) is 12.3 Å². The van der Waals surface area contributed by atoms with Gasteiger partial charge in [-0.2, -0.15) is 0 Å². The van der Waals surface area contributed by atoms with Gasteiger partial charge in [-0.25, -0.2) is 0 Å². The number of hydrogen-bond acceptors (Lipinski definition) is 2. The topological polar surface area (TPSA) is 48.0 Å². The van der Waals surface area contributed by atoms with E-state index in [2.05, 4.69) is 15.9 Å². The van der Waals surface area contributed by atoms with Crippen molar-refractivity contribution in [3.63, 3.8) is 0 Å². The molecule has 0 unspecified atom stereocenters. The maximum Gasteiger partial charge on any atom is 0.241 e. The Morgan fingerprint density at radius 2 is 2.46 bits per heavy atom. The molecule has 1 aromatic heterocycles. The Labute approximate surface area is 87.3 Å². The zero-order valence-electron chi connectivity index (χ0n) is 6.41. The summed E-state index contributed by atoms with van der Waals surface area (Å²) < 4.78 is 14.2. The Bertz CT molecular complexity index is 350. The van der Waals surface area contributed by atoms with Gasteiger partial charge in [0, 0.05) is 16.7 Å². The van der Waals surface area contributed by atoms with Crippen LogP contribution in [0.15, 0.2) is 22.8 Å². The molecule has 0 radical (unpaired) electrons. The summed E-state index contributed by atoms with van der Waals surface area (Å²) in [6.45, 7) is 0. The molecule has 6 heteroatoms. The highest BCUT2D eigenvalue weighted by Gasteiger charge is 2.01. The van der Waals surface area contributed by atoms with Gasteiger partial charge >= 0.3 is 0 Å². The average Bonchev–Trinajstić information content (AvgIpc) is 2.42. The highest BCUT2D eigenvalue weighted by Crippen LogP contribution is 2.21. The van der Waals surface area contributed by atoms with E-state index in [1.54, 1.807) is 12.3 Å². The summed E-state index contributed by atoms with van der Waals surface area (Å²) in [7, 11) is 0. The molecule has 0 aliphatic rings. The Hall–Kier alpha value is -0.750. The van der Waals surface area contributed by atoms with Crippen molar-refractivity contribution in [2.45, 2.75) is 0 Å². The molecule has 13 heavy (non-hydrogen) atoms. The van der Waals surface area contributed by atoms with E-state index in [0.717, 1.165) is 4.47 Å². The zero-order chi connectivity index (χ0) is 9.84. The van der Waals surface area contributed by atoms with Crippen molar-refractivity contribution < 1.29 is 8.68 Å². The van der Waals surface area contributed by atoms with Crippen molar-refractivity contribution in [3.8, 4) is 0 Å². The number of aromatic nitrogens is 1. The van der Waals surface area contributed by atoms with Crippen LogP contribution in [0.2, 0.25) is 0 Å². The molecule has 1 rings (SSSR count). The summed E-state index contributed by atoms with van der Waals surface area (Å²) in [6, 6.07) is 1.67. The van der Waals surface area contributed by atoms with Crippen LogP contribution in [0.1, 0.15) is 5.69 Å². The van der Waals surface area contributed by atoms with E-state index in [0.29, 0.717) is 5.69 Å². The number of nitrogens with two attached hydrogens (primary N) is 1. The Morgan fingerprint density at radius 1 is 1.77 bits per heavy atom. The molecule has 0 fully saturated rings. The van der Waals surface area contributed by atoms with Crippen molar-refractivity contribution >= 4 is 40.2 Å². The van der Waals surface area contributed by atoms with Gasteiger partial charge < -0.3 is 5.73 Å². The minimum Gasteiger partial charge on any atom is -0.366 e. The lowest BCUT2D eigenvalue weighted by Crippen LogP contribution is -2.05. The average molecular weight is 265 g/mol. The predicted octanol–water partition coefficient (Wildman–Crippen LogP) is 2.13. The van der Waals surface area contributed by atoms with Crippen LogP contribution in [0, 0.1) is 0 Å². The van der Waals surface area contributed by atoms with Crippen molar-refractivity contribution in [2.24, 2.45) is 5.73 Å². The van der Waals surface area contributed by atoms with Gasteiger partial charge in [0.25, 0.3) is 0 Å². The second kappa shape index (κ2) is 4.48. The first-order chi connectivity index (χ1) is 6.13. The number of primary amides is 1. The fraction of sp³-hybridized carbons (Fsp3) is 0. The smallest absolute Gasteiger partial charge is 0.241 e. The molecule has 2 N–H and O–H groups in total. The van der Waals surface area contributed by atoms with E-state index in [1.165, 1.54) is 16.1 Å². The molecule has 0 aliphatic carbocycles.